The lowest BCUT2D eigenvalue weighted by Crippen LogP contribution is -2.44. The Morgan fingerprint density at radius 3 is 2.17 bits per heavy atom. The summed E-state index contributed by atoms with van der Waals surface area (Å²) >= 11 is 0. The predicted octanol–water partition coefficient (Wildman–Crippen LogP) is 1.60. The number of hydrogen-bond acceptors (Lipinski definition) is 4. The second-order valence-corrected chi connectivity index (χ2v) is 5.32. The summed E-state index contributed by atoms with van der Waals surface area (Å²) in [4.78, 5) is 24.8. The molecule has 0 aliphatic carbocycles. The van der Waals surface area contributed by atoms with E-state index in [-0.39, 0.29) is 30.7 Å². The average molecular weight is 259 g/mol. The van der Waals surface area contributed by atoms with E-state index in [0.29, 0.717) is 6.61 Å². The molecular weight excluding hydrogens is 234 g/mol. The molecule has 0 bridgehead atoms. The minimum Gasteiger partial charge on any atom is -0.465 e. The van der Waals surface area contributed by atoms with Crippen LogP contribution in [0.1, 0.15) is 41.5 Å². The van der Waals surface area contributed by atoms with Crippen LogP contribution >= 0.6 is 0 Å². The lowest BCUT2D eigenvalue weighted by atomic mass is 10.2. The van der Waals surface area contributed by atoms with Crippen molar-refractivity contribution in [3.05, 3.63) is 0 Å². The highest BCUT2D eigenvalue weighted by Gasteiger charge is 2.22. The van der Waals surface area contributed by atoms with Crippen LogP contribution in [0.2, 0.25) is 0 Å². The monoisotopic (exact) mass is 259 g/mol. The molecule has 0 aromatic rings. The summed E-state index contributed by atoms with van der Waals surface area (Å²) in [5.74, 6) is -0.594. The second kappa shape index (κ2) is 7.36. The van der Waals surface area contributed by atoms with Gasteiger partial charge in [-0.2, -0.15) is 0 Å². The SMILES string of the molecule is CCOC(=O)CN(C(=O)COC(C)(C)C)C(C)C. The Bertz CT molecular complexity index is 281. The topological polar surface area (TPSA) is 55.8 Å². The van der Waals surface area contributed by atoms with Gasteiger partial charge in [0.25, 0.3) is 0 Å². The zero-order chi connectivity index (χ0) is 14.3. The lowest BCUT2D eigenvalue weighted by Gasteiger charge is -2.27. The number of amides is 1. The molecule has 0 heterocycles. The smallest absolute Gasteiger partial charge is 0.325 e. The van der Waals surface area contributed by atoms with Crippen LogP contribution in [0.25, 0.3) is 0 Å². The third kappa shape index (κ3) is 7.27. The molecule has 0 atom stereocenters. The van der Waals surface area contributed by atoms with Crippen molar-refractivity contribution in [2.75, 3.05) is 19.8 Å². The van der Waals surface area contributed by atoms with Gasteiger partial charge in [-0.3, -0.25) is 9.59 Å². The lowest BCUT2D eigenvalue weighted by molar-refractivity contribution is -0.153. The van der Waals surface area contributed by atoms with Crippen molar-refractivity contribution < 1.29 is 19.1 Å². The molecule has 0 rings (SSSR count). The predicted molar refractivity (Wildman–Crippen MR) is 69.2 cm³/mol. The second-order valence-electron chi connectivity index (χ2n) is 5.32. The van der Waals surface area contributed by atoms with Crippen LogP contribution in [-0.4, -0.2) is 48.2 Å². The minimum atomic E-state index is -0.393. The highest BCUT2D eigenvalue weighted by atomic mass is 16.5. The first-order valence-corrected chi connectivity index (χ1v) is 6.26. The van der Waals surface area contributed by atoms with E-state index in [1.165, 1.54) is 4.90 Å². The van der Waals surface area contributed by atoms with Crippen LogP contribution in [0, 0.1) is 0 Å². The third-order valence-electron chi connectivity index (χ3n) is 2.18. The Balaban J connectivity index is 4.41. The molecule has 0 saturated carbocycles. The van der Waals surface area contributed by atoms with E-state index < -0.39 is 5.97 Å². The zero-order valence-electron chi connectivity index (χ0n) is 12.3. The third-order valence-corrected chi connectivity index (χ3v) is 2.18. The van der Waals surface area contributed by atoms with Crippen LogP contribution in [-0.2, 0) is 19.1 Å². The van der Waals surface area contributed by atoms with Gasteiger partial charge in [0, 0.05) is 6.04 Å². The summed E-state index contributed by atoms with van der Waals surface area (Å²) in [6.45, 7) is 11.4. The average Bonchev–Trinajstić information content (AvgIpc) is 2.21. The largest absolute Gasteiger partial charge is 0.465 e. The van der Waals surface area contributed by atoms with Gasteiger partial charge in [0.1, 0.15) is 13.2 Å². The van der Waals surface area contributed by atoms with Gasteiger partial charge in [0.05, 0.1) is 12.2 Å². The fourth-order valence-corrected chi connectivity index (χ4v) is 1.27. The van der Waals surface area contributed by atoms with Gasteiger partial charge in [0.2, 0.25) is 5.91 Å². The molecule has 18 heavy (non-hydrogen) atoms. The molecule has 5 nitrogen and oxygen atoms in total. The van der Waals surface area contributed by atoms with Gasteiger partial charge in [0.15, 0.2) is 0 Å². The molecule has 0 aromatic heterocycles. The maximum absolute atomic E-state index is 12.0. The molecule has 0 aliphatic rings. The number of ether oxygens (including phenoxy) is 2. The van der Waals surface area contributed by atoms with Gasteiger partial charge in [-0.05, 0) is 41.5 Å². The summed E-state index contributed by atoms with van der Waals surface area (Å²) in [5, 5.41) is 0. The number of rotatable bonds is 6. The summed E-state index contributed by atoms with van der Waals surface area (Å²) in [6.07, 6.45) is 0. The molecule has 1 amide bonds. The van der Waals surface area contributed by atoms with Crippen molar-refractivity contribution in [2.24, 2.45) is 0 Å². The van der Waals surface area contributed by atoms with E-state index in [9.17, 15) is 9.59 Å². The first-order chi connectivity index (χ1) is 8.17. The fraction of sp³-hybridized carbons (Fsp3) is 0.846. The normalized spacial score (nSPS) is 11.5. The van der Waals surface area contributed by atoms with E-state index in [2.05, 4.69) is 0 Å². The standard InChI is InChI=1S/C13H25NO4/c1-7-17-12(16)8-14(10(2)3)11(15)9-18-13(4,5)6/h10H,7-9H2,1-6H3. The van der Waals surface area contributed by atoms with E-state index in [1.54, 1.807) is 6.92 Å². The first kappa shape index (κ1) is 16.9. The van der Waals surface area contributed by atoms with Crippen LogP contribution < -0.4 is 0 Å². The van der Waals surface area contributed by atoms with Crippen molar-refractivity contribution in [3.8, 4) is 0 Å². The molecule has 0 aliphatic heterocycles. The van der Waals surface area contributed by atoms with Crippen molar-refractivity contribution in [3.63, 3.8) is 0 Å². The highest BCUT2D eigenvalue weighted by Crippen LogP contribution is 2.08. The number of carbonyl (C=O) groups excluding carboxylic acids is 2. The molecule has 0 saturated heterocycles. The van der Waals surface area contributed by atoms with Gasteiger partial charge >= 0.3 is 5.97 Å². The van der Waals surface area contributed by atoms with E-state index in [4.69, 9.17) is 9.47 Å². The van der Waals surface area contributed by atoms with Crippen molar-refractivity contribution in [2.45, 2.75) is 53.2 Å². The van der Waals surface area contributed by atoms with E-state index >= 15 is 0 Å². The van der Waals surface area contributed by atoms with Gasteiger partial charge < -0.3 is 14.4 Å². The molecule has 0 aromatic carbocycles. The summed E-state index contributed by atoms with van der Waals surface area (Å²) < 4.78 is 10.3. The maximum atomic E-state index is 12.0. The number of esters is 1. The molecule has 5 heteroatoms. The number of hydrogen-bond donors (Lipinski definition) is 0. The van der Waals surface area contributed by atoms with Crippen LogP contribution in [0.15, 0.2) is 0 Å². The fourth-order valence-electron chi connectivity index (χ4n) is 1.27. The Morgan fingerprint density at radius 2 is 1.78 bits per heavy atom. The van der Waals surface area contributed by atoms with Crippen molar-refractivity contribution in [1.29, 1.82) is 0 Å². The molecule has 0 spiro atoms. The number of carbonyl (C=O) groups is 2. The van der Waals surface area contributed by atoms with Gasteiger partial charge in [-0.25, -0.2) is 0 Å². The Kier molecular flexibility index (Phi) is 6.91. The molecular formula is C13H25NO4. The quantitative estimate of drug-likeness (QED) is 0.680. The van der Waals surface area contributed by atoms with Crippen molar-refractivity contribution in [1.82, 2.24) is 4.90 Å². The van der Waals surface area contributed by atoms with Crippen molar-refractivity contribution >= 4 is 11.9 Å². The molecule has 0 unspecified atom stereocenters. The minimum absolute atomic E-state index is 0.0267. The van der Waals surface area contributed by atoms with Gasteiger partial charge in [-0.1, -0.05) is 0 Å². The summed E-state index contributed by atoms with van der Waals surface area (Å²) in [5.41, 5.74) is -0.373. The van der Waals surface area contributed by atoms with Gasteiger partial charge in [-0.15, -0.1) is 0 Å². The van der Waals surface area contributed by atoms with E-state index in [0.717, 1.165) is 0 Å². The first-order valence-electron chi connectivity index (χ1n) is 6.26. The zero-order valence-corrected chi connectivity index (χ0v) is 12.3. The number of nitrogens with zero attached hydrogens (tertiary/aromatic N) is 1. The van der Waals surface area contributed by atoms with E-state index in [1.807, 2.05) is 34.6 Å². The summed E-state index contributed by atoms with van der Waals surface area (Å²) in [7, 11) is 0. The highest BCUT2D eigenvalue weighted by molar-refractivity contribution is 5.83. The Morgan fingerprint density at radius 1 is 1.22 bits per heavy atom. The molecule has 0 fully saturated rings. The molecule has 0 radical (unpaired) electrons. The molecule has 0 N–H and O–H groups in total. The summed E-state index contributed by atoms with van der Waals surface area (Å²) in [6, 6.07) is -0.0644. The maximum Gasteiger partial charge on any atom is 0.325 e. The Labute approximate surface area is 109 Å². The van der Waals surface area contributed by atoms with Crippen LogP contribution in [0.5, 0.6) is 0 Å². The molecule has 106 valence electrons. The Hall–Kier alpha value is -1.10. The van der Waals surface area contributed by atoms with Crippen LogP contribution in [0.4, 0.5) is 0 Å². The van der Waals surface area contributed by atoms with Crippen LogP contribution in [0.3, 0.4) is 0 Å².